The maximum Gasteiger partial charge on any atom is 0.411 e. The van der Waals surface area contributed by atoms with Crippen molar-refractivity contribution in [2.24, 2.45) is 16.6 Å². The van der Waals surface area contributed by atoms with Gasteiger partial charge in [-0.2, -0.15) is 5.26 Å². The molecule has 1 heterocycles. The number of halogens is 1. The number of allylic oxidation sites excluding steroid dienone is 2. The molecule has 188 valence electrons. The lowest BCUT2D eigenvalue weighted by atomic mass is 9.96. The molecular weight excluding hydrogens is 449 g/mol. The molecule has 2 aliphatic rings. The Balaban J connectivity index is 1.74. The van der Waals surface area contributed by atoms with Crippen LogP contribution >= 0.6 is 0 Å². The van der Waals surface area contributed by atoms with Gasteiger partial charge in [0.1, 0.15) is 23.5 Å². The van der Waals surface area contributed by atoms with Crippen LogP contribution in [0.1, 0.15) is 58.1 Å². The first-order chi connectivity index (χ1) is 16.4. The normalized spacial score (nSPS) is 23.1. The number of carbonyl (C=O) groups is 2. The Kier molecular flexibility index (Phi) is 7.83. The van der Waals surface area contributed by atoms with E-state index in [9.17, 15) is 19.2 Å². The molecule has 8 nitrogen and oxygen atoms in total. The number of fused-ring (bicyclic) bond motifs is 2. The Labute approximate surface area is 206 Å². The highest BCUT2D eigenvalue weighted by Crippen LogP contribution is 2.43. The molecular formula is C26H34FN5O3. The third-order valence-electron chi connectivity index (χ3n) is 6.40. The molecule has 2 fully saturated rings. The van der Waals surface area contributed by atoms with Crippen LogP contribution in [0.15, 0.2) is 28.9 Å². The van der Waals surface area contributed by atoms with Gasteiger partial charge in [0.25, 0.3) is 0 Å². The highest BCUT2D eigenvalue weighted by molar-refractivity contribution is 6.10. The summed E-state index contributed by atoms with van der Waals surface area (Å²) < 4.78 is 20.4. The van der Waals surface area contributed by atoms with Crippen LogP contribution in [0.2, 0.25) is 0 Å². The summed E-state index contributed by atoms with van der Waals surface area (Å²) in [6, 6.07) is 5.00. The van der Waals surface area contributed by atoms with Gasteiger partial charge in [0.05, 0.1) is 6.07 Å². The maximum atomic E-state index is 14.9. The molecule has 1 aliphatic heterocycles. The van der Waals surface area contributed by atoms with Crippen LogP contribution in [-0.2, 0) is 16.0 Å². The fraction of sp³-hybridized carbons (Fsp3) is 0.538. The number of rotatable bonds is 6. The second-order valence-corrected chi connectivity index (χ2v) is 10.2. The lowest BCUT2D eigenvalue weighted by Gasteiger charge is -2.35. The monoisotopic (exact) mass is 483 g/mol. The first-order valence-corrected chi connectivity index (χ1v) is 11.8. The number of amides is 2. The van der Waals surface area contributed by atoms with E-state index >= 15 is 0 Å². The molecule has 3 N–H and O–H groups in total. The lowest BCUT2D eigenvalue weighted by Crippen LogP contribution is -2.55. The van der Waals surface area contributed by atoms with Gasteiger partial charge in [-0.3, -0.25) is 14.7 Å². The molecule has 0 spiro atoms. The number of likely N-dealkylation sites (tertiary alicyclic amines) is 1. The van der Waals surface area contributed by atoms with Crippen LogP contribution in [0.25, 0.3) is 5.57 Å². The summed E-state index contributed by atoms with van der Waals surface area (Å²) in [5, 5.41) is 12.4. The zero-order chi connectivity index (χ0) is 25.9. The molecule has 0 radical (unpaired) electrons. The number of benzene rings is 1. The van der Waals surface area contributed by atoms with Crippen LogP contribution in [0.4, 0.5) is 9.18 Å². The van der Waals surface area contributed by atoms with E-state index in [0.29, 0.717) is 22.4 Å². The van der Waals surface area contributed by atoms with Gasteiger partial charge >= 0.3 is 6.09 Å². The topological polar surface area (TPSA) is 121 Å². The van der Waals surface area contributed by atoms with Gasteiger partial charge < -0.3 is 15.8 Å². The van der Waals surface area contributed by atoms with E-state index in [1.165, 1.54) is 11.0 Å². The molecule has 1 aromatic rings. The molecule has 4 atom stereocenters. The zero-order valence-electron chi connectivity index (χ0n) is 21.0. The van der Waals surface area contributed by atoms with E-state index in [2.05, 4.69) is 16.4 Å². The van der Waals surface area contributed by atoms with E-state index in [0.717, 1.165) is 19.3 Å². The SMILES string of the molecule is CN=CC(=C(C)N)c1ccc(C[C@@H](C#N)NC(=O)[C@@H]2[C@H]3CC[C@H](C3)N2C(=O)OC(C)(C)C)c(F)c1. The number of carbonyl (C=O) groups excluding carboxylic acids is 2. The number of ether oxygens (including phenoxy) is 1. The standard InChI is InChI=1S/C26H34FN5O3/c1-15(29)21(14-30-5)16-6-7-17(22(27)12-16)10-19(13-28)31-24(33)23-18-8-9-20(11-18)32(23)25(34)35-26(2,3)4/h6-7,12,14,18-20,23H,8-11,29H2,1-5H3,(H,31,33)/t18-,19-,20+,23-/m0/s1. The van der Waals surface area contributed by atoms with E-state index in [1.54, 1.807) is 53.1 Å². The molecule has 1 saturated heterocycles. The van der Waals surface area contributed by atoms with Gasteiger partial charge in [0.2, 0.25) is 5.91 Å². The second kappa shape index (κ2) is 10.5. The number of hydrogen-bond donors (Lipinski definition) is 2. The number of hydrogen-bond acceptors (Lipinski definition) is 6. The summed E-state index contributed by atoms with van der Waals surface area (Å²) in [6.45, 7) is 7.05. The number of piperidine rings is 1. The average Bonchev–Trinajstić information content (AvgIpc) is 3.38. The number of nitrogens with two attached hydrogens (primary N) is 1. The van der Waals surface area contributed by atoms with Gasteiger partial charge in [-0.25, -0.2) is 9.18 Å². The van der Waals surface area contributed by atoms with Crippen molar-refractivity contribution in [1.29, 1.82) is 5.26 Å². The van der Waals surface area contributed by atoms with E-state index < -0.39 is 35.5 Å². The zero-order valence-corrected chi connectivity index (χ0v) is 21.0. The number of aliphatic imine (C=N–C) groups is 1. The van der Waals surface area contributed by atoms with Crippen LogP contribution < -0.4 is 11.1 Å². The summed E-state index contributed by atoms with van der Waals surface area (Å²) in [7, 11) is 1.61. The molecule has 0 aromatic heterocycles. The highest BCUT2D eigenvalue weighted by Gasteiger charge is 2.52. The molecule has 1 aliphatic carbocycles. The molecule has 1 saturated carbocycles. The van der Waals surface area contributed by atoms with Crippen molar-refractivity contribution < 1.29 is 18.7 Å². The molecule has 9 heteroatoms. The fourth-order valence-electron chi connectivity index (χ4n) is 4.92. The molecule has 3 rings (SSSR count). The Bertz CT molecular complexity index is 1080. The smallest absolute Gasteiger partial charge is 0.411 e. The van der Waals surface area contributed by atoms with Crippen LogP contribution in [0.5, 0.6) is 0 Å². The molecule has 35 heavy (non-hydrogen) atoms. The minimum absolute atomic E-state index is 0.00979. The third kappa shape index (κ3) is 5.99. The van der Waals surface area contributed by atoms with Crippen molar-refractivity contribution in [3.8, 4) is 6.07 Å². The summed E-state index contributed by atoms with van der Waals surface area (Å²) in [6.07, 6.45) is 3.44. The van der Waals surface area contributed by atoms with Crippen molar-refractivity contribution >= 4 is 23.8 Å². The fourth-order valence-corrected chi connectivity index (χ4v) is 4.92. The average molecular weight is 484 g/mol. The highest BCUT2D eigenvalue weighted by atomic mass is 19.1. The maximum absolute atomic E-state index is 14.9. The number of nitrogens with one attached hydrogen (secondary N) is 1. The van der Waals surface area contributed by atoms with Crippen molar-refractivity contribution in [1.82, 2.24) is 10.2 Å². The summed E-state index contributed by atoms with van der Waals surface area (Å²) >= 11 is 0. The predicted octanol–water partition coefficient (Wildman–Crippen LogP) is 3.55. The molecule has 1 aromatic carbocycles. The van der Waals surface area contributed by atoms with Gasteiger partial charge in [-0.1, -0.05) is 12.1 Å². The van der Waals surface area contributed by atoms with Crippen molar-refractivity contribution in [3.05, 3.63) is 40.8 Å². The van der Waals surface area contributed by atoms with Crippen molar-refractivity contribution in [2.75, 3.05) is 7.05 Å². The van der Waals surface area contributed by atoms with Gasteiger partial charge in [0.15, 0.2) is 0 Å². The van der Waals surface area contributed by atoms with Crippen molar-refractivity contribution in [3.63, 3.8) is 0 Å². The van der Waals surface area contributed by atoms with Crippen LogP contribution in [0.3, 0.4) is 0 Å². The number of nitrogens with zero attached hydrogens (tertiary/aromatic N) is 3. The van der Waals surface area contributed by atoms with Gasteiger partial charge in [-0.15, -0.1) is 0 Å². The Morgan fingerprint density at radius 3 is 2.69 bits per heavy atom. The van der Waals surface area contributed by atoms with E-state index in [4.69, 9.17) is 10.5 Å². The first kappa shape index (κ1) is 26.2. The molecule has 0 unspecified atom stereocenters. The van der Waals surface area contributed by atoms with Crippen LogP contribution in [-0.4, -0.2) is 53.9 Å². The molecule has 2 amide bonds. The predicted molar refractivity (Wildman–Crippen MR) is 132 cm³/mol. The summed E-state index contributed by atoms with van der Waals surface area (Å²) in [5.41, 5.74) is 7.19. The minimum Gasteiger partial charge on any atom is -0.444 e. The summed E-state index contributed by atoms with van der Waals surface area (Å²) in [4.78, 5) is 31.5. The number of nitriles is 1. The van der Waals surface area contributed by atoms with Gasteiger partial charge in [0, 0.05) is 37.0 Å². The third-order valence-corrected chi connectivity index (χ3v) is 6.40. The van der Waals surface area contributed by atoms with E-state index in [-0.39, 0.29) is 18.4 Å². The Morgan fingerprint density at radius 1 is 1.40 bits per heavy atom. The first-order valence-electron chi connectivity index (χ1n) is 11.8. The lowest BCUT2D eigenvalue weighted by molar-refractivity contribution is -0.128. The van der Waals surface area contributed by atoms with E-state index in [1.807, 2.05) is 0 Å². The second-order valence-electron chi connectivity index (χ2n) is 10.2. The van der Waals surface area contributed by atoms with Crippen molar-refractivity contribution in [2.45, 2.75) is 77.1 Å². The van der Waals surface area contributed by atoms with Crippen LogP contribution in [0, 0.1) is 23.1 Å². The summed E-state index contributed by atoms with van der Waals surface area (Å²) in [5.74, 6) is -0.891. The minimum atomic E-state index is -0.953. The molecule has 2 bridgehead atoms. The quantitative estimate of drug-likeness (QED) is 0.600. The largest absolute Gasteiger partial charge is 0.444 e. The van der Waals surface area contributed by atoms with Gasteiger partial charge in [-0.05, 0) is 70.1 Å². The Morgan fingerprint density at radius 2 is 2.11 bits per heavy atom. The Hall–Kier alpha value is -3.41.